The standard InChI is InChI=1S/C24H25N3O/c25-23-21(24(28)20-10-5-2-6-11-20)12-7-13-22(23)27-16-14-26(15-17-27)18-19-8-3-1-4-9-19/h1-13H,14-18,25H2. The van der Waals surface area contributed by atoms with Crippen LogP contribution < -0.4 is 10.6 Å². The van der Waals surface area contributed by atoms with Crippen LogP contribution in [0.1, 0.15) is 21.5 Å². The van der Waals surface area contributed by atoms with Crippen molar-refractivity contribution in [1.82, 2.24) is 4.90 Å². The number of nitrogens with zero attached hydrogens (tertiary/aromatic N) is 2. The molecule has 0 amide bonds. The first kappa shape index (κ1) is 18.3. The van der Waals surface area contributed by atoms with Gasteiger partial charge in [-0.05, 0) is 17.7 Å². The number of piperazine rings is 1. The summed E-state index contributed by atoms with van der Waals surface area (Å²) in [4.78, 5) is 17.6. The molecule has 4 rings (SSSR count). The van der Waals surface area contributed by atoms with Gasteiger partial charge in [-0.25, -0.2) is 0 Å². The fourth-order valence-electron chi connectivity index (χ4n) is 3.76. The number of rotatable bonds is 5. The molecule has 0 radical (unpaired) electrons. The number of anilines is 2. The van der Waals surface area contributed by atoms with Crippen molar-refractivity contribution in [2.75, 3.05) is 36.8 Å². The maximum Gasteiger partial charge on any atom is 0.195 e. The summed E-state index contributed by atoms with van der Waals surface area (Å²) in [5.41, 5.74) is 10.6. The Labute approximate surface area is 166 Å². The fourth-order valence-corrected chi connectivity index (χ4v) is 3.76. The average molecular weight is 371 g/mol. The zero-order valence-electron chi connectivity index (χ0n) is 15.9. The van der Waals surface area contributed by atoms with Gasteiger partial charge in [-0.1, -0.05) is 66.7 Å². The Morgan fingerprint density at radius 3 is 2.11 bits per heavy atom. The van der Waals surface area contributed by atoms with Gasteiger partial charge in [0.2, 0.25) is 0 Å². The highest BCUT2D eigenvalue weighted by Crippen LogP contribution is 2.29. The Hall–Kier alpha value is -3.11. The molecule has 3 aromatic carbocycles. The molecule has 1 aliphatic heterocycles. The minimum absolute atomic E-state index is 0.0253. The lowest BCUT2D eigenvalue weighted by molar-refractivity contribution is 0.103. The van der Waals surface area contributed by atoms with Crippen LogP contribution in [-0.4, -0.2) is 36.9 Å². The lowest BCUT2D eigenvalue weighted by atomic mass is 10.0. The number of ketones is 1. The molecule has 4 nitrogen and oxygen atoms in total. The van der Waals surface area contributed by atoms with Gasteiger partial charge in [-0.3, -0.25) is 9.69 Å². The van der Waals surface area contributed by atoms with Gasteiger partial charge in [0.05, 0.1) is 11.4 Å². The third-order valence-electron chi connectivity index (χ3n) is 5.33. The number of benzene rings is 3. The zero-order valence-corrected chi connectivity index (χ0v) is 15.9. The number of para-hydroxylation sites is 1. The number of hydrogen-bond acceptors (Lipinski definition) is 4. The molecular formula is C24H25N3O. The summed E-state index contributed by atoms with van der Waals surface area (Å²) >= 11 is 0. The molecule has 0 atom stereocenters. The van der Waals surface area contributed by atoms with E-state index in [4.69, 9.17) is 5.73 Å². The van der Waals surface area contributed by atoms with Gasteiger partial charge in [0.1, 0.15) is 0 Å². The van der Waals surface area contributed by atoms with E-state index >= 15 is 0 Å². The van der Waals surface area contributed by atoms with Crippen LogP contribution in [0.15, 0.2) is 78.9 Å². The van der Waals surface area contributed by atoms with Crippen molar-refractivity contribution in [3.8, 4) is 0 Å². The molecule has 0 aliphatic carbocycles. The van der Waals surface area contributed by atoms with Gasteiger partial charge < -0.3 is 10.6 Å². The minimum atomic E-state index is -0.0253. The van der Waals surface area contributed by atoms with Crippen molar-refractivity contribution >= 4 is 17.2 Å². The number of nitrogen functional groups attached to an aromatic ring is 1. The van der Waals surface area contributed by atoms with Crippen LogP contribution in [0.3, 0.4) is 0 Å². The van der Waals surface area contributed by atoms with Crippen molar-refractivity contribution in [1.29, 1.82) is 0 Å². The Balaban J connectivity index is 1.46. The number of nitrogens with two attached hydrogens (primary N) is 1. The van der Waals surface area contributed by atoms with Crippen molar-refractivity contribution in [2.45, 2.75) is 6.54 Å². The summed E-state index contributed by atoms with van der Waals surface area (Å²) in [5, 5.41) is 0. The van der Waals surface area contributed by atoms with E-state index < -0.39 is 0 Å². The normalized spacial score (nSPS) is 14.8. The summed E-state index contributed by atoms with van der Waals surface area (Å²) in [7, 11) is 0. The van der Waals surface area contributed by atoms with E-state index in [1.807, 2.05) is 54.6 Å². The lowest BCUT2D eigenvalue weighted by Crippen LogP contribution is -2.46. The predicted octanol–water partition coefficient (Wildman–Crippen LogP) is 3.82. The van der Waals surface area contributed by atoms with Gasteiger partial charge in [0.15, 0.2) is 5.78 Å². The average Bonchev–Trinajstić information content (AvgIpc) is 2.75. The summed E-state index contributed by atoms with van der Waals surface area (Å²) in [5.74, 6) is -0.0253. The van der Waals surface area contributed by atoms with Crippen LogP contribution in [0.5, 0.6) is 0 Å². The maximum absolute atomic E-state index is 12.9. The van der Waals surface area contributed by atoms with Crippen molar-refractivity contribution < 1.29 is 4.79 Å². The van der Waals surface area contributed by atoms with Crippen molar-refractivity contribution in [2.24, 2.45) is 0 Å². The summed E-state index contributed by atoms with van der Waals surface area (Å²) in [6.45, 7) is 4.73. The monoisotopic (exact) mass is 371 g/mol. The van der Waals surface area contributed by atoms with Crippen LogP contribution in [0.25, 0.3) is 0 Å². The molecule has 0 unspecified atom stereocenters. The van der Waals surface area contributed by atoms with Gasteiger partial charge in [-0.2, -0.15) is 0 Å². The first-order valence-electron chi connectivity index (χ1n) is 9.72. The first-order valence-corrected chi connectivity index (χ1v) is 9.72. The summed E-state index contributed by atoms with van der Waals surface area (Å²) in [6, 6.07) is 25.6. The number of carbonyl (C=O) groups is 1. The van der Waals surface area contributed by atoms with Gasteiger partial charge in [0, 0.05) is 43.9 Å². The van der Waals surface area contributed by atoms with E-state index in [-0.39, 0.29) is 5.78 Å². The quantitative estimate of drug-likeness (QED) is 0.547. The molecule has 1 aliphatic rings. The fraction of sp³-hybridized carbons (Fsp3) is 0.208. The minimum Gasteiger partial charge on any atom is -0.396 e. The van der Waals surface area contributed by atoms with E-state index in [1.165, 1.54) is 5.56 Å². The summed E-state index contributed by atoms with van der Waals surface area (Å²) < 4.78 is 0. The predicted molar refractivity (Wildman–Crippen MR) is 115 cm³/mol. The molecule has 1 heterocycles. The maximum atomic E-state index is 12.9. The first-order chi connectivity index (χ1) is 13.7. The second kappa shape index (κ2) is 8.28. The Morgan fingerprint density at radius 2 is 1.43 bits per heavy atom. The Kier molecular flexibility index (Phi) is 5.40. The summed E-state index contributed by atoms with van der Waals surface area (Å²) in [6.07, 6.45) is 0. The Morgan fingerprint density at radius 1 is 0.786 bits per heavy atom. The molecular weight excluding hydrogens is 346 g/mol. The van der Waals surface area contributed by atoms with Crippen LogP contribution in [0.2, 0.25) is 0 Å². The molecule has 0 aromatic heterocycles. The van der Waals surface area contributed by atoms with E-state index in [0.29, 0.717) is 16.8 Å². The van der Waals surface area contributed by atoms with Crippen LogP contribution in [0.4, 0.5) is 11.4 Å². The SMILES string of the molecule is Nc1c(C(=O)c2ccccc2)cccc1N1CCN(Cc2ccccc2)CC1. The van der Waals surface area contributed by atoms with E-state index in [0.717, 1.165) is 38.4 Å². The van der Waals surface area contributed by atoms with Crippen LogP contribution >= 0.6 is 0 Å². The lowest BCUT2D eigenvalue weighted by Gasteiger charge is -2.36. The molecule has 2 N–H and O–H groups in total. The Bertz CT molecular complexity index is 933. The molecule has 0 spiro atoms. The molecule has 142 valence electrons. The third-order valence-corrected chi connectivity index (χ3v) is 5.33. The molecule has 1 saturated heterocycles. The largest absolute Gasteiger partial charge is 0.396 e. The second-order valence-electron chi connectivity index (χ2n) is 7.18. The molecule has 28 heavy (non-hydrogen) atoms. The van der Waals surface area contributed by atoms with E-state index in [9.17, 15) is 4.79 Å². The van der Waals surface area contributed by atoms with Crippen LogP contribution in [-0.2, 0) is 6.54 Å². The van der Waals surface area contributed by atoms with Gasteiger partial charge >= 0.3 is 0 Å². The highest BCUT2D eigenvalue weighted by Gasteiger charge is 2.21. The molecule has 0 bridgehead atoms. The van der Waals surface area contributed by atoms with Gasteiger partial charge in [-0.15, -0.1) is 0 Å². The van der Waals surface area contributed by atoms with Gasteiger partial charge in [0.25, 0.3) is 0 Å². The van der Waals surface area contributed by atoms with E-state index in [1.54, 1.807) is 0 Å². The highest BCUT2D eigenvalue weighted by molar-refractivity contribution is 6.13. The number of hydrogen-bond donors (Lipinski definition) is 1. The van der Waals surface area contributed by atoms with E-state index in [2.05, 4.69) is 34.1 Å². The molecule has 0 saturated carbocycles. The highest BCUT2D eigenvalue weighted by atomic mass is 16.1. The second-order valence-corrected chi connectivity index (χ2v) is 7.18. The topological polar surface area (TPSA) is 49.6 Å². The van der Waals surface area contributed by atoms with Crippen molar-refractivity contribution in [3.63, 3.8) is 0 Å². The van der Waals surface area contributed by atoms with Crippen LogP contribution in [0, 0.1) is 0 Å². The zero-order chi connectivity index (χ0) is 19.3. The van der Waals surface area contributed by atoms with Crippen molar-refractivity contribution in [3.05, 3.63) is 95.6 Å². The smallest absolute Gasteiger partial charge is 0.195 e. The molecule has 3 aromatic rings. The molecule has 1 fully saturated rings. The molecule has 4 heteroatoms. The number of carbonyl (C=O) groups excluding carboxylic acids is 1. The third kappa shape index (κ3) is 3.92.